The molecular formula is C12H10F2N2S. The second-order valence-electron chi connectivity index (χ2n) is 3.42. The number of rotatable bonds is 3. The maximum absolute atomic E-state index is 13.5. The molecule has 0 fully saturated rings. The van der Waals surface area contributed by atoms with E-state index >= 15 is 0 Å². The van der Waals surface area contributed by atoms with Crippen molar-refractivity contribution in [3.63, 3.8) is 0 Å². The molecule has 0 unspecified atom stereocenters. The SMILES string of the molecule is Nc1cc(F)c(SCc2ccccn2)c(F)c1. The monoisotopic (exact) mass is 252 g/mol. The molecule has 1 aromatic heterocycles. The van der Waals surface area contributed by atoms with Gasteiger partial charge in [-0.2, -0.15) is 0 Å². The van der Waals surface area contributed by atoms with Crippen molar-refractivity contribution in [1.82, 2.24) is 4.98 Å². The van der Waals surface area contributed by atoms with Crippen LogP contribution in [0.5, 0.6) is 0 Å². The van der Waals surface area contributed by atoms with E-state index in [0.29, 0.717) is 5.75 Å². The number of pyridine rings is 1. The van der Waals surface area contributed by atoms with Crippen LogP contribution in [0, 0.1) is 11.6 Å². The Morgan fingerprint density at radius 3 is 2.47 bits per heavy atom. The fraction of sp³-hybridized carbons (Fsp3) is 0.0833. The molecule has 2 N–H and O–H groups in total. The number of nitrogen functional groups attached to an aromatic ring is 1. The van der Waals surface area contributed by atoms with Gasteiger partial charge in [0.25, 0.3) is 0 Å². The predicted molar refractivity (Wildman–Crippen MR) is 64.6 cm³/mol. The van der Waals surface area contributed by atoms with Crippen LogP contribution in [0.15, 0.2) is 41.4 Å². The van der Waals surface area contributed by atoms with Gasteiger partial charge in [0.1, 0.15) is 11.6 Å². The van der Waals surface area contributed by atoms with Crippen LogP contribution in [-0.4, -0.2) is 4.98 Å². The molecule has 0 saturated heterocycles. The van der Waals surface area contributed by atoms with E-state index in [1.165, 1.54) is 0 Å². The second-order valence-corrected chi connectivity index (χ2v) is 4.41. The number of hydrogen-bond acceptors (Lipinski definition) is 3. The first-order valence-corrected chi connectivity index (χ1v) is 5.92. The number of hydrogen-bond donors (Lipinski definition) is 1. The van der Waals surface area contributed by atoms with Gasteiger partial charge in [0.2, 0.25) is 0 Å². The number of nitrogens with two attached hydrogens (primary N) is 1. The lowest BCUT2D eigenvalue weighted by Gasteiger charge is -2.05. The Bertz CT molecular complexity index is 494. The minimum absolute atomic E-state index is 0.0233. The Kier molecular flexibility index (Phi) is 3.58. The Morgan fingerprint density at radius 2 is 1.88 bits per heavy atom. The highest BCUT2D eigenvalue weighted by atomic mass is 32.2. The van der Waals surface area contributed by atoms with Gasteiger partial charge in [-0.05, 0) is 24.3 Å². The summed E-state index contributed by atoms with van der Waals surface area (Å²) in [7, 11) is 0. The first-order chi connectivity index (χ1) is 8.16. The van der Waals surface area contributed by atoms with Crippen LogP contribution in [0.3, 0.4) is 0 Å². The van der Waals surface area contributed by atoms with E-state index in [1.54, 1.807) is 18.3 Å². The van der Waals surface area contributed by atoms with Gasteiger partial charge >= 0.3 is 0 Å². The largest absolute Gasteiger partial charge is 0.399 e. The molecule has 0 radical (unpaired) electrons. The van der Waals surface area contributed by atoms with E-state index in [2.05, 4.69) is 4.98 Å². The van der Waals surface area contributed by atoms with Crippen molar-refractivity contribution >= 4 is 17.4 Å². The lowest BCUT2D eigenvalue weighted by Crippen LogP contribution is -1.94. The molecule has 5 heteroatoms. The molecule has 88 valence electrons. The van der Waals surface area contributed by atoms with Crippen molar-refractivity contribution in [2.24, 2.45) is 0 Å². The van der Waals surface area contributed by atoms with E-state index < -0.39 is 11.6 Å². The third-order valence-electron chi connectivity index (χ3n) is 2.11. The maximum atomic E-state index is 13.5. The molecule has 0 bridgehead atoms. The van der Waals surface area contributed by atoms with Gasteiger partial charge in [0.15, 0.2) is 0 Å². The molecule has 0 saturated carbocycles. The van der Waals surface area contributed by atoms with Crippen molar-refractivity contribution in [1.29, 1.82) is 0 Å². The molecule has 0 aliphatic rings. The smallest absolute Gasteiger partial charge is 0.141 e. The number of halogens is 2. The minimum atomic E-state index is -0.636. The van der Waals surface area contributed by atoms with Gasteiger partial charge in [-0.3, -0.25) is 4.98 Å². The molecule has 1 aromatic carbocycles. The molecule has 0 amide bonds. The van der Waals surface area contributed by atoms with Crippen molar-refractivity contribution in [3.8, 4) is 0 Å². The van der Waals surface area contributed by atoms with Crippen molar-refractivity contribution in [3.05, 3.63) is 53.9 Å². The zero-order valence-corrected chi connectivity index (χ0v) is 9.68. The standard InChI is InChI=1S/C12H10F2N2S/c13-10-5-8(15)6-11(14)12(10)17-7-9-3-1-2-4-16-9/h1-6H,7,15H2. The summed E-state index contributed by atoms with van der Waals surface area (Å²) in [5.41, 5.74) is 6.19. The number of nitrogens with zero attached hydrogens (tertiary/aromatic N) is 1. The molecule has 0 aliphatic heterocycles. The summed E-state index contributed by atoms with van der Waals surface area (Å²) >= 11 is 1.07. The average Bonchev–Trinajstić information content (AvgIpc) is 2.29. The molecule has 0 spiro atoms. The van der Waals surface area contributed by atoms with Crippen LogP contribution in [0.25, 0.3) is 0 Å². The lowest BCUT2D eigenvalue weighted by molar-refractivity contribution is 0.542. The second kappa shape index (κ2) is 5.14. The summed E-state index contributed by atoms with van der Waals surface area (Å²) in [6.07, 6.45) is 1.64. The summed E-state index contributed by atoms with van der Waals surface area (Å²) < 4.78 is 26.9. The van der Waals surface area contributed by atoms with E-state index in [1.807, 2.05) is 6.07 Å². The van der Waals surface area contributed by atoms with Crippen LogP contribution in [0.4, 0.5) is 14.5 Å². The fourth-order valence-corrected chi connectivity index (χ4v) is 2.20. The van der Waals surface area contributed by atoms with Crippen molar-refractivity contribution in [2.75, 3.05) is 5.73 Å². The summed E-state index contributed by atoms with van der Waals surface area (Å²) in [6.45, 7) is 0. The Morgan fingerprint density at radius 1 is 1.18 bits per heavy atom. The lowest BCUT2D eigenvalue weighted by atomic mass is 10.3. The number of benzene rings is 1. The van der Waals surface area contributed by atoms with E-state index in [-0.39, 0.29) is 10.6 Å². The highest BCUT2D eigenvalue weighted by Crippen LogP contribution is 2.29. The quantitative estimate of drug-likeness (QED) is 0.673. The van der Waals surface area contributed by atoms with Crippen LogP contribution >= 0.6 is 11.8 Å². The number of aromatic nitrogens is 1. The van der Waals surface area contributed by atoms with Gasteiger partial charge in [-0.25, -0.2) is 8.78 Å². The molecule has 1 heterocycles. The highest BCUT2D eigenvalue weighted by Gasteiger charge is 2.11. The molecule has 0 aliphatic carbocycles. The Labute approximate surface area is 102 Å². The molecule has 2 nitrogen and oxygen atoms in total. The van der Waals surface area contributed by atoms with E-state index in [0.717, 1.165) is 29.6 Å². The van der Waals surface area contributed by atoms with Gasteiger partial charge in [0, 0.05) is 17.6 Å². The maximum Gasteiger partial charge on any atom is 0.141 e. The third kappa shape index (κ3) is 2.94. The number of anilines is 1. The first-order valence-electron chi connectivity index (χ1n) is 4.94. The fourth-order valence-electron chi connectivity index (χ4n) is 1.35. The predicted octanol–water partition coefficient (Wildman–Crippen LogP) is 3.23. The van der Waals surface area contributed by atoms with E-state index in [9.17, 15) is 8.78 Å². The van der Waals surface area contributed by atoms with Crippen LogP contribution in [0.2, 0.25) is 0 Å². The third-order valence-corrected chi connectivity index (χ3v) is 3.23. The van der Waals surface area contributed by atoms with Gasteiger partial charge < -0.3 is 5.73 Å². The van der Waals surface area contributed by atoms with Crippen LogP contribution in [0.1, 0.15) is 5.69 Å². The topological polar surface area (TPSA) is 38.9 Å². The minimum Gasteiger partial charge on any atom is -0.399 e. The summed E-state index contributed by atoms with van der Waals surface area (Å²) in [4.78, 5) is 4.06. The average molecular weight is 252 g/mol. The molecule has 0 atom stereocenters. The normalized spacial score (nSPS) is 10.5. The molecule has 2 aromatic rings. The van der Waals surface area contributed by atoms with Crippen molar-refractivity contribution in [2.45, 2.75) is 10.6 Å². The van der Waals surface area contributed by atoms with E-state index in [4.69, 9.17) is 5.73 Å². The zero-order chi connectivity index (χ0) is 12.3. The Balaban J connectivity index is 2.15. The first kappa shape index (κ1) is 11.9. The summed E-state index contributed by atoms with van der Waals surface area (Å²) in [5, 5.41) is 0. The van der Waals surface area contributed by atoms with Gasteiger partial charge in [-0.15, -0.1) is 11.8 Å². The van der Waals surface area contributed by atoms with Crippen molar-refractivity contribution < 1.29 is 8.78 Å². The van der Waals surface area contributed by atoms with Crippen LogP contribution < -0.4 is 5.73 Å². The molecular weight excluding hydrogens is 242 g/mol. The molecule has 17 heavy (non-hydrogen) atoms. The Hall–Kier alpha value is -1.62. The zero-order valence-electron chi connectivity index (χ0n) is 8.86. The van der Waals surface area contributed by atoms with Gasteiger partial charge in [0.05, 0.1) is 10.6 Å². The van der Waals surface area contributed by atoms with Crippen LogP contribution in [-0.2, 0) is 5.75 Å². The molecule has 2 rings (SSSR count). The highest BCUT2D eigenvalue weighted by molar-refractivity contribution is 7.98. The summed E-state index contributed by atoms with van der Waals surface area (Å²) in [5.74, 6) is -0.856. The number of thioether (sulfide) groups is 1. The van der Waals surface area contributed by atoms with Gasteiger partial charge in [-0.1, -0.05) is 6.07 Å². The summed E-state index contributed by atoms with van der Waals surface area (Å²) in [6, 6.07) is 7.66.